The van der Waals surface area contributed by atoms with Gasteiger partial charge in [0.25, 0.3) is 0 Å². The van der Waals surface area contributed by atoms with Gasteiger partial charge in [0.15, 0.2) is 0 Å². The zero-order valence-electron chi connectivity index (χ0n) is 8.66. The van der Waals surface area contributed by atoms with Gasteiger partial charge in [-0.2, -0.15) is 0 Å². The van der Waals surface area contributed by atoms with Gasteiger partial charge in [-0.15, -0.1) is 0 Å². The highest BCUT2D eigenvalue weighted by molar-refractivity contribution is 5.87. The molecule has 0 aliphatic carbocycles. The Bertz CT molecular complexity index is 508. The first kappa shape index (κ1) is 9.90. The third kappa shape index (κ3) is 1.54. The molecule has 0 aliphatic heterocycles. The molecule has 1 heterocycles. The van der Waals surface area contributed by atoms with Crippen molar-refractivity contribution >= 4 is 10.9 Å². The number of hydrogen-bond acceptors (Lipinski definition) is 2. The molecule has 0 fully saturated rings. The van der Waals surface area contributed by atoms with Crippen LogP contribution in [0.3, 0.4) is 0 Å². The molecule has 0 unspecified atom stereocenters. The maximum absolute atomic E-state index is 13.6. The second-order valence-corrected chi connectivity index (χ2v) is 3.85. The molecule has 0 saturated heterocycles. The summed E-state index contributed by atoms with van der Waals surface area (Å²) in [7, 11) is 0. The minimum atomic E-state index is -0.317. The lowest BCUT2D eigenvalue weighted by atomic mass is 9.98. The molecule has 0 aliphatic rings. The number of rotatable bonds is 1. The minimum Gasteiger partial charge on any atom is -0.506 e. The maximum atomic E-state index is 13.6. The smallest absolute Gasteiger partial charge is 0.145 e. The molecular weight excluding hydrogens is 193 g/mol. The lowest BCUT2D eigenvalue weighted by Gasteiger charge is -2.11. The average Bonchev–Trinajstić information content (AvgIpc) is 2.17. The molecule has 0 atom stereocenters. The van der Waals surface area contributed by atoms with Crippen LogP contribution in [0.15, 0.2) is 24.4 Å². The average molecular weight is 205 g/mol. The number of para-hydroxylation sites is 1. The SMILES string of the molecule is CC(C)c1c(F)cnc2c(O)cccc12. The van der Waals surface area contributed by atoms with Crippen molar-refractivity contribution in [1.82, 2.24) is 4.98 Å². The molecule has 2 aromatic rings. The van der Waals surface area contributed by atoms with Crippen LogP contribution in [0, 0.1) is 5.82 Å². The van der Waals surface area contributed by atoms with Gasteiger partial charge < -0.3 is 5.11 Å². The summed E-state index contributed by atoms with van der Waals surface area (Å²) in [5.41, 5.74) is 1.07. The van der Waals surface area contributed by atoms with Crippen molar-refractivity contribution < 1.29 is 9.50 Å². The first-order valence-electron chi connectivity index (χ1n) is 4.87. The van der Waals surface area contributed by atoms with Crippen LogP contribution in [0.4, 0.5) is 4.39 Å². The summed E-state index contributed by atoms with van der Waals surface area (Å²) in [6.07, 6.45) is 1.16. The normalized spacial score (nSPS) is 11.2. The van der Waals surface area contributed by atoms with Gasteiger partial charge in [-0.3, -0.25) is 0 Å². The van der Waals surface area contributed by atoms with E-state index in [1.165, 1.54) is 0 Å². The van der Waals surface area contributed by atoms with Gasteiger partial charge in [-0.1, -0.05) is 26.0 Å². The molecule has 78 valence electrons. The fourth-order valence-corrected chi connectivity index (χ4v) is 1.79. The molecular formula is C12H12FNO. The molecule has 15 heavy (non-hydrogen) atoms. The Hall–Kier alpha value is -1.64. The Balaban J connectivity index is 2.88. The van der Waals surface area contributed by atoms with Gasteiger partial charge >= 0.3 is 0 Å². The largest absolute Gasteiger partial charge is 0.506 e. The van der Waals surface area contributed by atoms with E-state index in [0.29, 0.717) is 16.5 Å². The first-order chi connectivity index (χ1) is 7.11. The van der Waals surface area contributed by atoms with E-state index in [1.807, 2.05) is 13.8 Å². The predicted molar refractivity (Wildman–Crippen MR) is 57.5 cm³/mol. The summed E-state index contributed by atoms with van der Waals surface area (Å²) in [4.78, 5) is 3.90. The van der Waals surface area contributed by atoms with Gasteiger partial charge in [0.05, 0.1) is 6.20 Å². The number of aromatic hydroxyl groups is 1. The Morgan fingerprint density at radius 3 is 2.73 bits per heavy atom. The summed E-state index contributed by atoms with van der Waals surface area (Å²) in [5.74, 6) is -0.158. The molecule has 1 N–H and O–H groups in total. The molecule has 2 nitrogen and oxygen atoms in total. The third-order valence-corrected chi connectivity index (χ3v) is 2.45. The van der Waals surface area contributed by atoms with Gasteiger partial charge in [0.1, 0.15) is 17.1 Å². The summed E-state index contributed by atoms with van der Waals surface area (Å²) >= 11 is 0. The summed E-state index contributed by atoms with van der Waals surface area (Å²) in [5, 5.41) is 10.3. The third-order valence-electron chi connectivity index (χ3n) is 2.45. The fourth-order valence-electron chi connectivity index (χ4n) is 1.79. The highest BCUT2D eigenvalue weighted by Gasteiger charge is 2.13. The second-order valence-electron chi connectivity index (χ2n) is 3.85. The second kappa shape index (κ2) is 3.50. The number of fused-ring (bicyclic) bond motifs is 1. The van der Waals surface area contributed by atoms with E-state index in [2.05, 4.69) is 4.98 Å². The Morgan fingerprint density at radius 1 is 1.33 bits per heavy atom. The Morgan fingerprint density at radius 2 is 2.07 bits per heavy atom. The molecule has 0 bridgehead atoms. The molecule has 1 aromatic heterocycles. The van der Waals surface area contributed by atoms with Crippen molar-refractivity contribution in [3.63, 3.8) is 0 Å². The van der Waals surface area contributed by atoms with Crippen LogP contribution >= 0.6 is 0 Å². The summed E-state index contributed by atoms with van der Waals surface area (Å²) < 4.78 is 13.6. The van der Waals surface area contributed by atoms with Crippen LogP contribution < -0.4 is 0 Å². The van der Waals surface area contributed by atoms with Gasteiger partial charge in [0, 0.05) is 10.9 Å². The number of hydrogen-bond donors (Lipinski definition) is 1. The monoisotopic (exact) mass is 205 g/mol. The van der Waals surface area contributed by atoms with Crippen molar-refractivity contribution in [1.29, 1.82) is 0 Å². The standard InChI is InChI=1S/C12H12FNO/c1-7(2)11-8-4-3-5-10(15)12(8)14-6-9(11)13/h3-7,15H,1-2H3. The van der Waals surface area contributed by atoms with Crippen LogP contribution in [0.5, 0.6) is 5.75 Å². The topological polar surface area (TPSA) is 33.1 Å². The fraction of sp³-hybridized carbons (Fsp3) is 0.250. The van der Waals surface area contributed by atoms with E-state index in [9.17, 15) is 9.50 Å². The highest BCUT2D eigenvalue weighted by Crippen LogP contribution is 2.30. The van der Waals surface area contributed by atoms with E-state index >= 15 is 0 Å². The highest BCUT2D eigenvalue weighted by atomic mass is 19.1. The summed E-state index contributed by atoms with van der Waals surface area (Å²) in [6, 6.07) is 5.03. The predicted octanol–water partition coefficient (Wildman–Crippen LogP) is 3.20. The number of nitrogens with zero attached hydrogens (tertiary/aromatic N) is 1. The van der Waals surface area contributed by atoms with Gasteiger partial charge in [-0.05, 0) is 12.0 Å². The zero-order valence-corrected chi connectivity index (χ0v) is 8.66. The van der Waals surface area contributed by atoms with Crippen molar-refractivity contribution in [2.75, 3.05) is 0 Å². The molecule has 0 radical (unpaired) electrons. The molecule has 0 saturated carbocycles. The van der Waals surface area contributed by atoms with Crippen molar-refractivity contribution in [2.45, 2.75) is 19.8 Å². The van der Waals surface area contributed by atoms with Crippen LogP contribution in [0.1, 0.15) is 25.3 Å². The number of benzene rings is 1. The summed E-state index contributed by atoms with van der Waals surface area (Å²) in [6.45, 7) is 3.84. The molecule has 3 heteroatoms. The Labute approximate surface area is 87.4 Å². The lowest BCUT2D eigenvalue weighted by molar-refractivity contribution is 0.480. The van der Waals surface area contributed by atoms with Crippen molar-refractivity contribution in [3.05, 3.63) is 35.8 Å². The van der Waals surface area contributed by atoms with Crippen LogP contribution in [-0.2, 0) is 0 Å². The Kier molecular flexibility index (Phi) is 2.31. The number of aromatic nitrogens is 1. The first-order valence-corrected chi connectivity index (χ1v) is 4.87. The minimum absolute atomic E-state index is 0.0669. The lowest BCUT2D eigenvalue weighted by Crippen LogP contribution is -1.96. The maximum Gasteiger partial charge on any atom is 0.145 e. The van der Waals surface area contributed by atoms with E-state index in [4.69, 9.17) is 0 Å². The van der Waals surface area contributed by atoms with Crippen LogP contribution in [-0.4, -0.2) is 10.1 Å². The van der Waals surface area contributed by atoms with E-state index in [0.717, 1.165) is 6.20 Å². The number of phenols is 1. The van der Waals surface area contributed by atoms with Crippen molar-refractivity contribution in [2.24, 2.45) is 0 Å². The number of pyridine rings is 1. The number of phenolic OH excluding ortho intramolecular Hbond substituents is 1. The van der Waals surface area contributed by atoms with Crippen molar-refractivity contribution in [3.8, 4) is 5.75 Å². The molecule has 0 spiro atoms. The van der Waals surface area contributed by atoms with Gasteiger partial charge in [-0.25, -0.2) is 9.37 Å². The van der Waals surface area contributed by atoms with Crippen LogP contribution in [0.25, 0.3) is 10.9 Å². The number of halogens is 1. The van der Waals surface area contributed by atoms with Gasteiger partial charge in [0.2, 0.25) is 0 Å². The van der Waals surface area contributed by atoms with E-state index < -0.39 is 0 Å². The molecule has 0 amide bonds. The quantitative estimate of drug-likeness (QED) is 0.775. The molecule has 2 rings (SSSR count). The van der Waals surface area contributed by atoms with E-state index in [-0.39, 0.29) is 17.5 Å². The molecule has 1 aromatic carbocycles. The van der Waals surface area contributed by atoms with E-state index in [1.54, 1.807) is 18.2 Å². The van der Waals surface area contributed by atoms with Crippen LogP contribution in [0.2, 0.25) is 0 Å². The zero-order chi connectivity index (χ0) is 11.0.